The summed E-state index contributed by atoms with van der Waals surface area (Å²) >= 11 is 0. The van der Waals surface area contributed by atoms with Crippen molar-refractivity contribution in [2.75, 3.05) is 0 Å². The van der Waals surface area contributed by atoms with Gasteiger partial charge in [-0.15, -0.1) is 0 Å². The third-order valence-electron chi connectivity index (χ3n) is 2.65. The Hall–Kier alpha value is -3.66. The van der Waals surface area contributed by atoms with Crippen LogP contribution in [0.15, 0.2) is 98.1 Å². The number of hydrogen-bond acceptors (Lipinski definition) is 2. The van der Waals surface area contributed by atoms with Gasteiger partial charge in [0.05, 0.1) is 0 Å². The summed E-state index contributed by atoms with van der Waals surface area (Å²) in [5.41, 5.74) is 2.23. The molecule has 2 aromatic rings. The van der Waals surface area contributed by atoms with E-state index in [-0.39, 0.29) is 0 Å². The van der Waals surface area contributed by atoms with Crippen LogP contribution in [0.1, 0.15) is 11.1 Å². The van der Waals surface area contributed by atoms with Crippen LogP contribution < -0.4 is 0 Å². The number of aliphatic carboxylic acids is 2. The predicted octanol–water partition coefficient (Wildman–Crippen LogP) is 4.93. The van der Waals surface area contributed by atoms with Gasteiger partial charge in [-0.2, -0.15) is 0 Å². The normalized spacial score (nSPS) is 9.38. The Morgan fingerprint density at radius 3 is 1.54 bits per heavy atom. The smallest absolute Gasteiger partial charge is 0.328 e. The Balaban J connectivity index is 0.000000409. The molecule has 2 N–H and O–H groups in total. The summed E-state index contributed by atoms with van der Waals surface area (Å²) in [6.45, 7) is 6.59. The molecule has 0 bridgehead atoms. The van der Waals surface area contributed by atoms with Crippen molar-refractivity contribution in [3.8, 4) is 0 Å². The number of carboxylic acid groups (broad SMARTS) is 2. The van der Waals surface area contributed by atoms with Crippen molar-refractivity contribution >= 4 is 24.1 Å². The summed E-state index contributed by atoms with van der Waals surface area (Å²) < 4.78 is 0. The Kier molecular flexibility index (Phi) is 12.8. The van der Waals surface area contributed by atoms with Gasteiger partial charge in [-0.3, -0.25) is 0 Å². The minimum absolute atomic E-state index is 0.833. The van der Waals surface area contributed by atoms with Crippen LogP contribution in [-0.4, -0.2) is 22.2 Å². The minimum Gasteiger partial charge on any atom is -0.478 e. The summed E-state index contributed by atoms with van der Waals surface area (Å²) in [6, 6.07) is 19.7. The number of rotatable bonds is 5. The third-order valence-corrected chi connectivity index (χ3v) is 2.65. The molecule has 0 saturated carbocycles. The van der Waals surface area contributed by atoms with E-state index in [4.69, 9.17) is 10.2 Å². The molecule has 134 valence electrons. The Labute approximate surface area is 153 Å². The largest absolute Gasteiger partial charge is 0.478 e. The monoisotopic (exact) mass is 350 g/mol. The predicted molar refractivity (Wildman–Crippen MR) is 107 cm³/mol. The van der Waals surface area contributed by atoms with Crippen molar-refractivity contribution < 1.29 is 19.8 Å². The van der Waals surface area contributed by atoms with Crippen LogP contribution in [0.3, 0.4) is 0 Å². The number of carbonyl (C=O) groups is 2. The van der Waals surface area contributed by atoms with E-state index in [2.05, 4.69) is 13.2 Å². The number of carboxylic acids is 2. The second-order valence-corrected chi connectivity index (χ2v) is 4.62. The summed E-state index contributed by atoms with van der Waals surface area (Å²) in [4.78, 5) is 19.3. The average Bonchev–Trinajstić information content (AvgIpc) is 2.67. The average molecular weight is 350 g/mol. The molecule has 0 aliphatic rings. The fraction of sp³-hybridized carbons (Fsp3) is 0. The zero-order valence-corrected chi connectivity index (χ0v) is 14.4. The van der Waals surface area contributed by atoms with Gasteiger partial charge in [0.2, 0.25) is 0 Å². The van der Waals surface area contributed by atoms with Crippen molar-refractivity contribution in [2.45, 2.75) is 0 Å². The lowest BCUT2D eigenvalue weighted by Crippen LogP contribution is -1.84. The SMILES string of the molecule is C=CC(=O)O.C=Cc1ccccc1.O=C(O)C=CC=Cc1ccccc1. The van der Waals surface area contributed by atoms with Crippen molar-refractivity contribution in [2.24, 2.45) is 0 Å². The first-order chi connectivity index (χ1) is 12.5. The lowest BCUT2D eigenvalue weighted by molar-refractivity contribution is -0.132. The van der Waals surface area contributed by atoms with Crippen LogP contribution in [0.4, 0.5) is 0 Å². The molecular formula is C22H22O4. The van der Waals surface area contributed by atoms with E-state index >= 15 is 0 Å². The second-order valence-electron chi connectivity index (χ2n) is 4.62. The van der Waals surface area contributed by atoms with E-state index in [1.54, 1.807) is 6.08 Å². The second kappa shape index (κ2) is 14.9. The van der Waals surface area contributed by atoms with Gasteiger partial charge in [-0.1, -0.05) is 98.1 Å². The maximum atomic E-state index is 10.1. The number of hydrogen-bond donors (Lipinski definition) is 2. The van der Waals surface area contributed by atoms with Gasteiger partial charge in [-0.05, 0) is 11.1 Å². The van der Waals surface area contributed by atoms with Crippen LogP contribution >= 0.6 is 0 Å². The zero-order valence-electron chi connectivity index (χ0n) is 14.4. The third kappa shape index (κ3) is 14.0. The first kappa shape index (κ1) is 22.3. The molecule has 0 fully saturated rings. The van der Waals surface area contributed by atoms with Gasteiger partial charge in [0.25, 0.3) is 0 Å². The fourth-order valence-electron chi connectivity index (χ4n) is 1.46. The lowest BCUT2D eigenvalue weighted by atomic mass is 10.2. The Morgan fingerprint density at radius 1 is 0.731 bits per heavy atom. The van der Waals surface area contributed by atoms with E-state index in [1.807, 2.05) is 72.8 Å². The lowest BCUT2D eigenvalue weighted by Gasteiger charge is -1.87. The first-order valence-electron chi connectivity index (χ1n) is 7.65. The molecule has 0 aliphatic carbocycles. The maximum absolute atomic E-state index is 10.1. The highest BCUT2D eigenvalue weighted by atomic mass is 16.4. The molecule has 2 rings (SSSR count). The molecule has 0 aliphatic heterocycles. The summed E-state index contributed by atoms with van der Waals surface area (Å²) in [5, 5.41) is 15.9. The van der Waals surface area contributed by atoms with Gasteiger partial charge in [0, 0.05) is 12.2 Å². The Morgan fingerprint density at radius 2 is 1.19 bits per heavy atom. The molecule has 0 radical (unpaired) electrons. The number of allylic oxidation sites excluding steroid dienone is 2. The van der Waals surface area contributed by atoms with Gasteiger partial charge in [0.1, 0.15) is 0 Å². The van der Waals surface area contributed by atoms with E-state index in [9.17, 15) is 9.59 Å². The van der Waals surface area contributed by atoms with Crippen LogP contribution in [0, 0.1) is 0 Å². The minimum atomic E-state index is -0.981. The van der Waals surface area contributed by atoms with Crippen LogP contribution in [0.2, 0.25) is 0 Å². The molecule has 0 heterocycles. The fourth-order valence-corrected chi connectivity index (χ4v) is 1.46. The molecular weight excluding hydrogens is 328 g/mol. The van der Waals surface area contributed by atoms with Crippen molar-refractivity contribution in [1.29, 1.82) is 0 Å². The molecule has 0 unspecified atom stereocenters. The van der Waals surface area contributed by atoms with Crippen LogP contribution in [0.25, 0.3) is 12.2 Å². The molecule has 0 amide bonds. The van der Waals surface area contributed by atoms with Crippen molar-refractivity contribution in [3.05, 3.63) is 109 Å². The molecule has 0 saturated heterocycles. The van der Waals surface area contributed by atoms with Crippen LogP contribution in [0.5, 0.6) is 0 Å². The molecule has 0 spiro atoms. The molecule has 4 nitrogen and oxygen atoms in total. The summed E-state index contributed by atoms with van der Waals surface area (Å²) in [6.07, 6.45) is 8.80. The topological polar surface area (TPSA) is 74.6 Å². The van der Waals surface area contributed by atoms with Gasteiger partial charge in [-0.25, -0.2) is 9.59 Å². The highest BCUT2D eigenvalue weighted by Gasteiger charge is 1.82. The van der Waals surface area contributed by atoms with Gasteiger partial charge < -0.3 is 10.2 Å². The van der Waals surface area contributed by atoms with Gasteiger partial charge in [0.15, 0.2) is 0 Å². The van der Waals surface area contributed by atoms with E-state index < -0.39 is 11.9 Å². The van der Waals surface area contributed by atoms with E-state index in [0.29, 0.717) is 0 Å². The van der Waals surface area contributed by atoms with Gasteiger partial charge >= 0.3 is 11.9 Å². The first-order valence-corrected chi connectivity index (χ1v) is 7.65. The standard InChI is InChI=1S/C11H10O2.C8H8.C3H4O2/c12-11(13)9-5-4-8-10-6-2-1-3-7-10;1-2-8-6-4-3-5-7-8;1-2-3(4)5/h1-9H,(H,12,13);2-7H,1H2;2H,1H2,(H,4,5). The van der Waals surface area contributed by atoms with Crippen molar-refractivity contribution in [1.82, 2.24) is 0 Å². The van der Waals surface area contributed by atoms with E-state index in [1.165, 1.54) is 11.6 Å². The molecule has 4 heteroatoms. The molecule has 2 aromatic carbocycles. The highest BCUT2D eigenvalue weighted by molar-refractivity contribution is 5.80. The summed E-state index contributed by atoms with van der Waals surface area (Å²) in [5.74, 6) is -1.91. The van der Waals surface area contributed by atoms with Crippen molar-refractivity contribution in [3.63, 3.8) is 0 Å². The zero-order chi connectivity index (χ0) is 19.6. The molecule has 26 heavy (non-hydrogen) atoms. The maximum Gasteiger partial charge on any atom is 0.328 e. The molecule has 0 aromatic heterocycles. The molecule has 0 atom stereocenters. The summed E-state index contributed by atoms with van der Waals surface area (Å²) in [7, 11) is 0. The number of benzene rings is 2. The Bertz CT molecular complexity index is 729. The van der Waals surface area contributed by atoms with E-state index in [0.717, 1.165) is 17.7 Å². The quantitative estimate of drug-likeness (QED) is 0.592. The van der Waals surface area contributed by atoms with Crippen LogP contribution in [-0.2, 0) is 9.59 Å². The highest BCUT2D eigenvalue weighted by Crippen LogP contribution is 2.00.